The first-order valence-electron chi connectivity index (χ1n) is 15.0. The molecule has 46 heavy (non-hydrogen) atoms. The van der Waals surface area contributed by atoms with Crippen LogP contribution in [-0.4, -0.2) is 58.8 Å². The van der Waals surface area contributed by atoms with Crippen molar-refractivity contribution < 1.29 is 33.4 Å². The number of halogens is 1. The third kappa shape index (κ3) is 13.3. The molecule has 250 valence electrons. The van der Waals surface area contributed by atoms with Crippen LogP contribution in [-0.2, 0) is 28.6 Å². The number of rotatable bonds is 14. The SMILES string of the molecule is COC1=CC[C@@H]([C@@H](C)/C=C(C)/C=C\C=C/C(=O)N[C@H](C(=O)N/C=C\C[C@H](C/C=C(\C)Cl)OC(=O)n2ccnc2)C(C)(C)C)OC1=O. The number of ether oxygens (including phenoxy) is 3. The monoisotopic (exact) mass is 656 g/mol. The van der Waals surface area contributed by atoms with Crippen LogP contribution >= 0.6 is 11.6 Å². The molecule has 0 bridgehead atoms. The van der Waals surface area contributed by atoms with E-state index < -0.39 is 41.4 Å². The number of allylic oxidation sites excluding steroid dienone is 5. The number of carbonyl (C=O) groups excluding carboxylic acids is 4. The van der Waals surface area contributed by atoms with E-state index in [1.807, 2.05) is 46.8 Å². The first-order chi connectivity index (χ1) is 21.7. The van der Waals surface area contributed by atoms with Gasteiger partial charge in [-0.15, -0.1) is 0 Å². The van der Waals surface area contributed by atoms with Gasteiger partial charge in [0, 0.05) is 48.7 Å². The molecule has 0 saturated carbocycles. The minimum Gasteiger partial charge on any atom is -0.490 e. The Hall–Kier alpha value is -4.38. The van der Waals surface area contributed by atoms with Crippen molar-refractivity contribution in [2.45, 2.75) is 79.1 Å². The average Bonchev–Trinajstić information content (AvgIpc) is 3.53. The Bertz CT molecular complexity index is 1380. The molecule has 1 aromatic heterocycles. The van der Waals surface area contributed by atoms with Crippen LogP contribution in [0.5, 0.6) is 0 Å². The standard InChI is InChI=1S/C34H45ClN4O7/c1-23(21-24(2)27-16-17-28(44-7)32(42)46-27)11-8-9-13-29(40)38-30(34(4,5)6)31(41)37-18-10-12-26(15-14-25(3)35)45-33(43)39-20-19-36-22-39/h8-11,13-14,17-22,24,26-27,30H,12,15-16H2,1-7H3,(H,37,41)(H,38,40)/b11-8-,13-9-,18-10-,23-21+,25-14+/t24-,26+,27-,30+/m0/s1. The number of hydrogen-bond donors (Lipinski definition) is 2. The molecule has 4 atom stereocenters. The van der Waals surface area contributed by atoms with E-state index >= 15 is 0 Å². The fraction of sp³-hybridized carbons (Fsp3) is 0.441. The fourth-order valence-corrected chi connectivity index (χ4v) is 4.42. The maximum Gasteiger partial charge on any atom is 0.419 e. The van der Waals surface area contributed by atoms with E-state index in [-0.39, 0.29) is 17.8 Å². The molecule has 0 spiro atoms. The van der Waals surface area contributed by atoms with E-state index in [2.05, 4.69) is 15.6 Å². The number of nitrogens with zero attached hydrogens (tertiary/aromatic N) is 2. The van der Waals surface area contributed by atoms with Crippen LogP contribution in [0.25, 0.3) is 0 Å². The van der Waals surface area contributed by atoms with Crippen LogP contribution in [0, 0.1) is 11.3 Å². The lowest BCUT2D eigenvalue weighted by Crippen LogP contribution is -2.52. The highest BCUT2D eigenvalue weighted by Crippen LogP contribution is 2.23. The summed E-state index contributed by atoms with van der Waals surface area (Å²) in [7, 11) is 1.43. The quantitative estimate of drug-likeness (QED) is 0.144. The van der Waals surface area contributed by atoms with Gasteiger partial charge in [0.2, 0.25) is 11.8 Å². The fourth-order valence-electron chi connectivity index (χ4n) is 4.33. The second-order valence-corrected chi connectivity index (χ2v) is 12.5. The van der Waals surface area contributed by atoms with Gasteiger partial charge in [0.1, 0.15) is 24.6 Å². The third-order valence-corrected chi connectivity index (χ3v) is 7.00. The van der Waals surface area contributed by atoms with Gasteiger partial charge >= 0.3 is 12.1 Å². The van der Waals surface area contributed by atoms with Gasteiger partial charge in [0.25, 0.3) is 0 Å². The Morgan fingerprint density at radius 1 is 1.20 bits per heavy atom. The summed E-state index contributed by atoms with van der Waals surface area (Å²) in [5, 5.41) is 6.05. The molecule has 1 aromatic rings. The minimum atomic E-state index is -0.830. The maximum atomic E-state index is 13.0. The van der Waals surface area contributed by atoms with Crippen LogP contribution in [0.1, 0.15) is 60.8 Å². The largest absolute Gasteiger partial charge is 0.490 e. The van der Waals surface area contributed by atoms with E-state index in [1.165, 1.54) is 42.7 Å². The Labute approximate surface area is 276 Å². The average molecular weight is 657 g/mol. The van der Waals surface area contributed by atoms with Gasteiger partial charge in [-0.1, -0.05) is 81.3 Å². The molecular weight excluding hydrogens is 612 g/mol. The molecule has 0 saturated heterocycles. The van der Waals surface area contributed by atoms with Crippen molar-refractivity contribution in [3.63, 3.8) is 0 Å². The van der Waals surface area contributed by atoms with Gasteiger partial charge in [-0.2, -0.15) is 0 Å². The number of cyclic esters (lactones) is 1. The molecule has 0 unspecified atom stereocenters. The van der Waals surface area contributed by atoms with Crippen molar-refractivity contribution in [1.82, 2.24) is 20.2 Å². The zero-order valence-corrected chi connectivity index (χ0v) is 28.2. The van der Waals surface area contributed by atoms with Gasteiger partial charge in [-0.3, -0.25) is 9.59 Å². The lowest BCUT2D eigenvalue weighted by atomic mass is 9.86. The molecule has 1 aliphatic heterocycles. The molecule has 0 aliphatic carbocycles. The van der Waals surface area contributed by atoms with Crippen LogP contribution in [0.15, 0.2) is 89.9 Å². The Kier molecular flexibility index (Phi) is 15.3. The number of nitrogens with one attached hydrogen (secondary N) is 2. The first-order valence-corrected chi connectivity index (χ1v) is 15.3. The summed E-state index contributed by atoms with van der Waals surface area (Å²) < 4.78 is 17.2. The highest BCUT2D eigenvalue weighted by atomic mass is 35.5. The summed E-state index contributed by atoms with van der Waals surface area (Å²) in [6.07, 6.45) is 19.3. The maximum absolute atomic E-state index is 13.0. The van der Waals surface area contributed by atoms with E-state index in [0.29, 0.717) is 24.3 Å². The molecule has 2 N–H and O–H groups in total. The Balaban J connectivity index is 1.92. The van der Waals surface area contributed by atoms with Gasteiger partial charge in [0.05, 0.1) is 7.11 Å². The predicted molar refractivity (Wildman–Crippen MR) is 176 cm³/mol. The van der Waals surface area contributed by atoms with Crippen molar-refractivity contribution in [3.05, 3.63) is 89.9 Å². The number of amides is 2. The van der Waals surface area contributed by atoms with Crippen molar-refractivity contribution in [1.29, 1.82) is 0 Å². The summed E-state index contributed by atoms with van der Waals surface area (Å²) in [4.78, 5) is 53.8. The lowest BCUT2D eigenvalue weighted by molar-refractivity contribution is -0.151. The van der Waals surface area contributed by atoms with Crippen LogP contribution in [0.4, 0.5) is 4.79 Å². The molecule has 2 rings (SSSR count). The van der Waals surface area contributed by atoms with Gasteiger partial charge in [-0.25, -0.2) is 19.1 Å². The molecule has 0 radical (unpaired) electrons. The van der Waals surface area contributed by atoms with Crippen LogP contribution < -0.4 is 10.6 Å². The molecule has 0 aromatic carbocycles. The van der Waals surface area contributed by atoms with Gasteiger partial charge in [0.15, 0.2) is 5.76 Å². The summed E-state index contributed by atoms with van der Waals surface area (Å²) >= 11 is 5.96. The number of hydrogen-bond acceptors (Lipinski definition) is 8. The van der Waals surface area contributed by atoms with Crippen molar-refractivity contribution in [3.8, 4) is 0 Å². The summed E-state index contributed by atoms with van der Waals surface area (Å²) in [5.74, 6) is -1.09. The number of esters is 1. The summed E-state index contributed by atoms with van der Waals surface area (Å²) in [5.41, 5.74) is 0.349. The molecule has 11 nitrogen and oxygen atoms in total. The van der Waals surface area contributed by atoms with E-state index in [1.54, 1.807) is 37.3 Å². The molecular formula is C34H45ClN4O7. The van der Waals surface area contributed by atoms with E-state index in [0.717, 1.165) is 5.57 Å². The highest BCUT2D eigenvalue weighted by Gasteiger charge is 2.32. The first kappa shape index (κ1) is 37.8. The van der Waals surface area contributed by atoms with Crippen molar-refractivity contribution >= 4 is 35.5 Å². The zero-order valence-electron chi connectivity index (χ0n) is 27.5. The van der Waals surface area contributed by atoms with Crippen LogP contribution in [0.2, 0.25) is 0 Å². The van der Waals surface area contributed by atoms with Crippen molar-refractivity contribution in [2.75, 3.05) is 7.11 Å². The topological polar surface area (TPSA) is 138 Å². The summed E-state index contributed by atoms with van der Waals surface area (Å²) in [6, 6.07) is -0.830. The van der Waals surface area contributed by atoms with Crippen molar-refractivity contribution in [2.24, 2.45) is 11.3 Å². The normalized spacial score (nSPS) is 18.2. The van der Waals surface area contributed by atoms with E-state index in [4.69, 9.17) is 25.8 Å². The van der Waals surface area contributed by atoms with Crippen LogP contribution in [0.3, 0.4) is 0 Å². The molecule has 2 heterocycles. The highest BCUT2D eigenvalue weighted by molar-refractivity contribution is 6.29. The van der Waals surface area contributed by atoms with Gasteiger partial charge < -0.3 is 24.8 Å². The van der Waals surface area contributed by atoms with E-state index in [9.17, 15) is 19.2 Å². The molecule has 1 aliphatic rings. The number of aromatic nitrogens is 2. The molecule has 2 amide bonds. The summed E-state index contributed by atoms with van der Waals surface area (Å²) in [6.45, 7) is 11.2. The molecule has 0 fully saturated rings. The van der Waals surface area contributed by atoms with Gasteiger partial charge in [-0.05, 0) is 31.5 Å². The zero-order chi connectivity index (χ0) is 34.3. The lowest BCUT2D eigenvalue weighted by Gasteiger charge is -2.29. The third-order valence-electron chi connectivity index (χ3n) is 6.85. The number of imidazole rings is 1. The number of methoxy groups -OCH3 is 1. The smallest absolute Gasteiger partial charge is 0.419 e. The Morgan fingerprint density at radius 3 is 2.52 bits per heavy atom. The predicted octanol–water partition coefficient (Wildman–Crippen LogP) is 5.86. The minimum absolute atomic E-state index is 0.0226. The number of carbonyl (C=O) groups is 4. The molecule has 12 heteroatoms. The second kappa shape index (κ2) is 18.6. The second-order valence-electron chi connectivity index (χ2n) is 11.9. The Morgan fingerprint density at radius 2 is 1.91 bits per heavy atom.